The predicted molar refractivity (Wildman–Crippen MR) is 45.9 cm³/mol. The number of hydrogen-bond donors (Lipinski definition) is 2. The molecule has 11 heavy (non-hydrogen) atoms. The molecule has 2 heteroatoms. The van der Waals surface area contributed by atoms with Crippen molar-refractivity contribution in [2.24, 2.45) is 28.7 Å². The van der Waals surface area contributed by atoms with E-state index in [1.807, 2.05) is 0 Å². The van der Waals surface area contributed by atoms with Crippen molar-refractivity contribution >= 4 is 0 Å². The summed E-state index contributed by atoms with van der Waals surface area (Å²) in [4.78, 5) is 0. The summed E-state index contributed by atoms with van der Waals surface area (Å²) in [5, 5.41) is 0. The van der Waals surface area contributed by atoms with Crippen molar-refractivity contribution in [2.45, 2.75) is 38.8 Å². The van der Waals surface area contributed by atoms with Gasteiger partial charge in [-0.15, -0.1) is 0 Å². The zero-order valence-electron chi connectivity index (χ0n) is 7.38. The lowest BCUT2D eigenvalue weighted by atomic mass is 9.81. The second-order valence-corrected chi connectivity index (χ2v) is 4.84. The van der Waals surface area contributed by atoms with Crippen LogP contribution in [0.3, 0.4) is 0 Å². The average Bonchev–Trinajstić information content (AvgIpc) is 2.14. The van der Waals surface area contributed by atoms with Crippen LogP contribution in [0.15, 0.2) is 0 Å². The van der Waals surface area contributed by atoms with Crippen LogP contribution < -0.4 is 11.5 Å². The van der Waals surface area contributed by atoms with E-state index in [-0.39, 0.29) is 0 Å². The summed E-state index contributed by atoms with van der Waals surface area (Å²) in [7, 11) is 0. The van der Waals surface area contributed by atoms with Crippen LogP contribution in [0.2, 0.25) is 0 Å². The fourth-order valence-electron chi connectivity index (χ4n) is 3.35. The molecule has 0 aliphatic heterocycles. The lowest BCUT2D eigenvalue weighted by Gasteiger charge is -2.27. The van der Waals surface area contributed by atoms with E-state index in [1.165, 1.54) is 12.8 Å². The number of nitrogens with two attached hydrogens (primary N) is 2. The van der Waals surface area contributed by atoms with E-state index in [2.05, 4.69) is 13.8 Å². The standard InChI is InChI=1S/C9H18N2/c1-9(2)5-3-6(10)8(9)7(11)4-5/h5-8H,3-4,10-11H2,1-2H3. The normalized spacial score (nSPS) is 53.5. The molecule has 0 heterocycles. The van der Waals surface area contributed by atoms with Crippen molar-refractivity contribution in [1.29, 1.82) is 0 Å². The topological polar surface area (TPSA) is 52.0 Å². The first-order valence-electron chi connectivity index (χ1n) is 4.54. The van der Waals surface area contributed by atoms with E-state index in [4.69, 9.17) is 11.5 Å². The highest BCUT2D eigenvalue weighted by molar-refractivity contribution is 5.09. The molecule has 2 atom stereocenters. The molecule has 64 valence electrons. The first-order chi connectivity index (χ1) is 5.03. The fraction of sp³-hybridized carbons (Fsp3) is 1.00. The minimum Gasteiger partial charge on any atom is -0.327 e. The first-order valence-corrected chi connectivity index (χ1v) is 4.54. The third-order valence-corrected chi connectivity index (χ3v) is 3.95. The van der Waals surface area contributed by atoms with Crippen molar-refractivity contribution in [3.63, 3.8) is 0 Å². The molecule has 2 bridgehead atoms. The number of rotatable bonds is 0. The molecule has 0 aromatic heterocycles. The van der Waals surface area contributed by atoms with Gasteiger partial charge in [-0.05, 0) is 30.1 Å². The molecule has 0 radical (unpaired) electrons. The highest BCUT2D eigenvalue weighted by Gasteiger charge is 2.55. The Morgan fingerprint density at radius 2 is 1.55 bits per heavy atom. The van der Waals surface area contributed by atoms with Gasteiger partial charge >= 0.3 is 0 Å². The van der Waals surface area contributed by atoms with Gasteiger partial charge in [0.2, 0.25) is 0 Å². The summed E-state index contributed by atoms with van der Waals surface area (Å²) in [5.41, 5.74) is 12.4. The Bertz CT molecular complexity index is 164. The van der Waals surface area contributed by atoms with Crippen molar-refractivity contribution in [1.82, 2.24) is 0 Å². The minimum absolute atomic E-state index is 0.374. The molecule has 4 N–H and O–H groups in total. The zero-order chi connectivity index (χ0) is 8.22. The Morgan fingerprint density at radius 3 is 1.73 bits per heavy atom. The summed E-state index contributed by atoms with van der Waals surface area (Å²) in [6, 6.07) is 0.748. The largest absolute Gasteiger partial charge is 0.327 e. The maximum absolute atomic E-state index is 6.01. The molecule has 2 aliphatic carbocycles. The van der Waals surface area contributed by atoms with Gasteiger partial charge in [0.15, 0.2) is 0 Å². The molecule has 2 aliphatic rings. The highest BCUT2D eigenvalue weighted by atomic mass is 14.8. The number of hydrogen-bond acceptors (Lipinski definition) is 2. The average molecular weight is 154 g/mol. The summed E-state index contributed by atoms with van der Waals surface area (Å²) >= 11 is 0. The zero-order valence-corrected chi connectivity index (χ0v) is 7.38. The lowest BCUT2D eigenvalue weighted by Crippen LogP contribution is -2.42. The van der Waals surface area contributed by atoms with E-state index in [0.717, 1.165) is 5.92 Å². The first kappa shape index (κ1) is 7.56. The van der Waals surface area contributed by atoms with Gasteiger partial charge < -0.3 is 11.5 Å². The van der Waals surface area contributed by atoms with Gasteiger partial charge in [-0.25, -0.2) is 0 Å². The summed E-state index contributed by atoms with van der Waals surface area (Å²) in [5.74, 6) is 1.37. The van der Waals surface area contributed by atoms with Crippen LogP contribution in [-0.4, -0.2) is 12.1 Å². The molecule has 2 unspecified atom stereocenters. The summed E-state index contributed by atoms with van der Waals surface area (Å²) in [6.07, 6.45) is 2.40. The fourth-order valence-corrected chi connectivity index (χ4v) is 3.35. The van der Waals surface area contributed by atoms with E-state index >= 15 is 0 Å². The maximum Gasteiger partial charge on any atom is 0.00900 e. The molecular weight excluding hydrogens is 136 g/mol. The number of fused-ring (bicyclic) bond motifs is 2. The van der Waals surface area contributed by atoms with Crippen molar-refractivity contribution in [2.75, 3.05) is 0 Å². The molecule has 2 rings (SSSR count). The van der Waals surface area contributed by atoms with E-state index in [9.17, 15) is 0 Å². The second-order valence-electron chi connectivity index (χ2n) is 4.84. The molecule has 2 nitrogen and oxygen atoms in total. The van der Waals surface area contributed by atoms with Gasteiger partial charge in [-0.3, -0.25) is 0 Å². The van der Waals surface area contributed by atoms with Crippen LogP contribution in [0.4, 0.5) is 0 Å². The third kappa shape index (κ3) is 0.798. The molecule has 2 saturated carbocycles. The summed E-state index contributed by atoms with van der Waals surface area (Å²) < 4.78 is 0. The van der Waals surface area contributed by atoms with Gasteiger partial charge in [-0.1, -0.05) is 13.8 Å². The SMILES string of the molecule is CC1(C)C2CC(N)C1C(N)C2. The Labute approximate surface area is 68.3 Å². The molecule has 0 aromatic rings. The Hall–Kier alpha value is -0.0800. The van der Waals surface area contributed by atoms with Crippen molar-refractivity contribution < 1.29 is 0 Å². The smallest absolute Gasteiger partial charge is 0.00900 e. The van der Waals surface area contributed by atoms with Crippen LogP contribution in [0.1, 0.15) is 26.7 Å². The van der Waals surface area contributed by atoms with Crippen LogP contribution in [0.25, 0.3) is 0 Å². The molecular formula is C9H18N2. The highest BCUT2D eigenvalue weighted by Crippen LogP contribution is 2.56. The van der Waals surface area contributed by atoms with E-state index in [0.29, 0.717) is 23.4 Å². The van der Waals surface area contributed by atoms with Crippen LogP contribution in [0, 0.1) is 17.3 Å². The van der Waals surface area contributed by atoms with Gasteiger partial charge in [-0.2, -0.15) is 0 Å². The molecule has 0 aromatic carbocycles. The Kier molecular flexibility index (Phi) is 1.37. The molecule has 0 saturated heterocycles. The Morgan fingerprint density at radius 1 is 1.09 bits per heavy atom. The van der Waals surface area contributed by atoms with Gasteiger partial charge in [0.1, 0.15) is 0 Å². The van der Waals surface area contributed by atoms with Crippen LogP contribution in [0.5, 0.6) is 0 Å². The predicted octanol–water partition coefficient (Wildman–Crippen LogP) is 0.707. The second kappa shape index (κ2) is 1.99. The third-order valence-electron chi connectivity index (χ3n) is 3.95. The van der Waals surface area contributed by atoms with E-state index < -0.39 is 0 Å². The van der Waals surface area contributed by atoms with E-state index in [1.54, 1.807) is 0 Å². The van der Waals surface area contributed by atoms with Gasteiger partial charge in [0.05, 0.1) is 0 Å². The molecule has 0 amide bonds. The maximum atomic E-state index is 6.01. The lowest BCUT2D eigenvalue weighted by molar-refractivity contribution is 0.244. The van der Waals surface area contributed by atoms with Crippen molar-refractivity contribution in [3.8, 4) is 0 Å². The quantitative estimate of drug-likeness (QED) is 0.540. The minimum atomic E-state index is 0.374. The van der Waals surface area contributed by atoms with Crippen LogP contribution in [-0.2, 0) is 0 Å². The monoisotopic (exact) mass is 154 g/mol. The van der Waals surface area contributed by atoms with Crippen LogP contribution >= 0.6 is 0 Å². The van der Waals surface area contributed by atoms with Gasteiger partial charge in [0, 0.05) is 12.1 Å². The molecule has 2 fully saturated rings. The Balaban J connectivity index is 2.30. The summed E-state index contributed by atoms with van der Waals surface area (Å²) in [6.45, 7) is 4.64. The molecule has 0 spiro atoms. The van der Waals surface area contributed by atoms with Gasteiger partial charge in [0.25, 0.3) is 0 Å². The van der Waals surface area contributed by atoms with Crippen molar-refractivity contribution in [3.05, 3.63) is 0 Å².